The zero-order valence-corrected chi connectivity index (χ0v) is 9.06. The van der Waals surface area contributed by atoms with E-state index in [-0.39, 0.29) is 12.1 Å². The highest BCUT2D eigenvalue weighted by Gasteiger charge is 2.37. The molecule has 0 radical (unpaired) electrons. The Hall–Kier alpha value is -1.55. The van der Waals surface area contributed by atoms with Crippen LogP contribution in [0.1, 0.15) is 12.0 Å². The molecule has 0 aliphatic heterocycles. The minimum atomic E-state index is -0.357. The van der Waals surface area contributed by atoms with Crippen molar-refractivity contribution in [3.8, 4) is 0 Å². The predicted octanol–water partition coefficient (Wildman–Crippen LogP) is 1.26. The van der Waals surface area contributed by atoms with E-state index in [1.807, 2.05) is 30.3 Å². The van der Waals surface area contributed by atoms with Crippen LogP contribution >= 0.6 is 0 Å². The number of alkyl carbamates (subject to hydrolysis) is 1. The Morgan fingerprint density at radius 3 is 2.81 bits per heavy atom. The number of carbonyl (C=O) groups excluding carboxylic acids is 1. The van der Waals surface area contributed by atoms with Crippen LogP contribution in [0, 0.1) is 5.92 Å². The van der Waals surface area contributed by atoms with E-state index in [9.17, 15) is 4.79 Å². The fourth-order valence-corrected chi connectivity index (χ4v) is 1.60. The van der Waals surface area contributed by atoms with Crippen LogP contribution in [-0.4, -0.2) is 18.7 Å². The molecule has 1 aliphatic carbocycles. The Kier molecular flexibility index (Phi) is 3.41. The zero-order valence-electron chi connectivity index (χ0n) is 9.06. The highest BCUT2D eigenvalue weighted by molar-refractivity contribution is 5.68. The SMILES string of the molecule is NCC1CC1NC(=O)OCc1ccccc1. The van der Waals surface area contributed by atoms with Crippen LogP contribution in [0.3, 0.4) is 0 Å². The Morgan fingerprint density at radius 1 is 1.44 bits per heavy atom. The number of amides is 1. The maximum absolute atomic E-state index is 11.4. The lowest BCUT2D eigenvalue weighted by atomic mass is 10.2. The number of benzene rings is 1. The standard InChI is InChI=1S/C12H16N2O2/c13-7-10-6-11(10)14-12(15)16-8-9-4-2-1-3-5-9/h1-5,10-11H,6-8,13H2,(H,14,15). The molecule has 0 saturated heterocycles. The summed E-state index contributed by atoms with van der Waals surface area (Å²) in [6.07, 6.45) is 0.613. The number of ether oxygens (including phenoxy) is 1. The van der Waals surface area contributed by atoms with Gasteiger partial charge in [-0.2, -0.15) is 0 Å². The van der Waals surface area contributed by atoms with Crippen molar-refractivity contribution in [3.63, 3.8) is 0 Å². The topological polar surface area (TPSA) is 64.3 Å². The molecule has 1 aromatic carbocycles. The predicted molar refractivity (Wildman–Crippen MR) is 60.7 cm³/mol. The van der Waals surface area contributed by atoms with Gasteiger partial charge in [0.25, 0.3) is 0 Å². The average molecular weight is 220 g/mol. The van der Waals surface area contributed by atoms with Crippen LogP contribution in [0.25, 0.3) is 0 Å². The molecule has 86 valence electrons. The molecule has 16 heavy (non-hydrogen) atoms. The Morgan fingerprint density at radius 2 is 2.19 bits per heavy atom. The molecule has 0 spiro atoms. The molecule has 2 unspecified atom stereocenters. The van der Waals surface area contributed by atoms with Crippen LogP contribution in [-0.2, 0) is 11.3 Å². The van der Waals surface area contributed by atoms with Crippen molar-refractivity contribution < 1.29 is 9.53 Å². The van der Waals surface area contributed by atoms with Crippen molar-refractivity contribution in [1.29, 1.82) is 0 Å². The summed E-state index contributed by atoms with van der Waals surface area (Å²) in [4.78, 5) is 11.4. The summed E-state index contributed by atoms with van der Waals surface area (Å²) in [6, 6.07) is 9.83. The van der Waals surface area contributed by atoms with E-state index in [0.717, 1.165) is 12.0 Å². The Labute approximate surface area is 94.8 Å². The maximum Gasteiger partial charge on any atom is 0.407 e. The third-order valence-electron chi connectivity index (χ3n) is 2.74. The lowest BCUT2D eigenvalue weighted by Crippen LogP contribution is -2.28. The second-order valence-corrected chi connectivity index (χ2v) is 4.04. The van der Waals surface area contributed by atoms with E-state index in [1.165, 1.54) is 0 Å². The summed E-state index contributed by atoms with van der Waals surface area (Å²) in [5.41, 5.74) is 6.46. The number of rotatable bonds is 4. The second kappa shape index (κ2) is 4.99. The van der Waals surface area contributed by atoms with Gasteiger partial charge in [0, 0.05) is 6.04 Å². The van der Waals surface area contributed by atoms with Crippen molar-refractivity contribution in [2.75, 3.05) is 6.54 Å². The molecular formula is C12H16N2O2. The summed E-state index contributed by atoms with van der Waals surface area (Å²) in [5.74, 6) is 0.435. The Bertz CT molecular complexity index is 353. The first kappa shape index (κ1) is 11.0. The van der Waals surface area contributed by atoms with E-state index in [0.29, 0.717) is 19.1 Å². The fraction of sp³-hybridized carbons (Fsp3) is 0.417. The van der Waals surface area contributed by atoms with Gasteiger partial charge in [0.15, 0.2) is 0 Å². The summed E-state index contributed by atoms with van der Waals surface area (Å²) in [6.45, 7) is 0.941. The smallest absolute Gasteiger partial charge is 0.407 e. The number of nitrogens with one attached hydrogen (secondary N) is 1. The van der Waals surface area contributed by atoms with Gasteiger partial charge in [-0.1, -0.05) is 30.3 Å². The molecule has 0 heterocycles. The number of carbonyl (C=O) groups is 1. The molecule has 1 aliphatic rings. The molecule has 0 bridgehead atoms. The summed E-state index contributed by atoms with van der Waals surface area (Å²) in [5, 5.41) is 2.78. The molecule has 3 N–H and O–H groups in total. The molecule has 1 fully saturated rings. The number of hydrogen-bond donors (Lipinski definition) is 2. The highest BCUT2D eigenvalue weighted by atomic mass is 16.5. The second-order valence-electron chi connectivity index (χ2n) is 4.04. The van der Waals surface area contributed by atoms with Crippen molar-refractivity contribution in [2.45, 2.75) is 19.1 Å². The van der Waals surface area contributed by atoms with Gasteiger partial charge in [0.05, 0.1) is 0 Å². The van der Waals surface area contributed by atoms with Gasteiger partial charge >= 0.3 is 6.09 Å². The van der Waals surface area contributed by atoms with E-state index in [4.69, 9.17) is 10.5 Å². The summed E-state index contributed by atoms with van der Waals surface area (Å²) in [7, 11) is 0. The van der Waals surface area contributed by atoms with Crippen LogP contribution in [0.4, 0.5) is 4.79 Å². The summed E-state index contributed by atoms with van der Waals surface area (Å²) < 4.78 is 5.08. The molecule has 2 atom stereocenters. The summed E-state index contributed by atoms with van der Waals surface area (Å²) >= 11 is 0. The third-order valence-corrected chi connectivity index (χ3v) is 2.74. The average Bonchev–Trinajstić information content (AvgIpc) is 3.06. The maximum atomic E-state index is 11.4. The number of hydrogen-bond acceptors (Lipinski definition) is 3. The van der Waals surface area contributed by atoms with E-state index >= 15 is 0 Å². The first-order valence-corrected chi connectivity index (χ1v) is 5.47. The van der Waals surface area contributed by atoms with Crippen molar-refractivity contribution in [2.24, 2.45) is 11.7 Å². The van der Waals surface area contributed by atoms with Gasteiger partial charge in [0.2, 0.25) is 0 Å². The third kappa shape index (κ3) is 2.97. The molecule has 0 aromatic heterocycles. The molecule has 2 rings (SSSR count). The minimum absolute atomic E-state index is 0.216. The highest BCUT2D eigenvalue weighted by Crippen LogP contribution is 2.28. The van der Waals surface area contributed by atoms with Gasteiger partial charge in [0.1, 0.15) is 6.61 Å². The molecule has 1 saturated carbocycles. The molecule has 1 aromatic rings. The van der Waals surface area contributed by atoms with Crippen molar-refractivity contribution in [1.82, 2.24) is 5.32 Å². The zero-order chi connectivity index (χ0) is 11.4. The first-order chi connectivity index (χ1) is 7.79. The lowest BCUT2D eigenvalue weighted by molar-refractivity contribution is 0.138. The minimum Gasteiger partial charge on any atom is -0.445 e. The first-order valence-electron chi connectivity index (χ1n) is 5.47. The monoisotopic (exact) mass is 220 g/mol. The van der Waals surface area contributed by atoms with E-state index in [1.54, 1.807) is 0 Å². The lowest BCUT2D eigenvalue weighted by Gasteiger charge is -2.06. The fourth-order valence-electron chi connectivity index (χ4n) is 1.60. The quantitative estimate of drug-likeness (QED) is 0.803. The van der Waals surface area contributed by atoms with Crippen LogP contribution in [0.15, 0.2) is 30.3 Å². The molecule has 1 amide bonds. The molecule has 4 heteroatoms. The molecule has 4 nitrogen and oxygen atoms in total. The van der Waals surface area contributed by atoms with Gasteiger partial charge in [-0.3, -0.25) is 0 Å². The van der Waals surface area contributed by atoms with Crippen LogP contribution in [0.2, 0.25) is 0 Å². The van der Waals surface area contributed by atoms with E-state index < -0.39 is 0 Å². The van der Waals surface area contributed by atoms with E-state index in [2.05, 4.69) is 5.32 Å². The largest absolute Gasteiger partial charge is 0.445 e. The van der Waals surface area contributed by atoms with Crippen LogP contribution in [0.5, 0.6) is 0 Å². The normalized spacial score (nSPS) is 22.6. The Balaban J connectivity index is 1.69. The molecular weight excluding hydrogens is 204 g/mol. The van der Waals surface area contributed by atoms with Gasteiger partial charge < -0.3 is 15.8 Å². The van der Waals surface area contributed by atoms with Crippen LogP contribution < -0.4 is 11.1 Å². The van der Waals surface area contributed by atoms with Gasteiger partial charge in [-0.05, 0) is 24.4 Å². The van der Waals surface area contributed by atoms with Gasteiger partial charge in [-0.15, -0.1) is 0 Å². The number of nitrogens with two attached hydrogens (primary N) is 1. The van der Waals surface area contributed by atoms with Crippen molar-refractivity contribution >= 4 is 6.09 Å². The van der Waals surface area contributed by atoms with Gasteiger partial charge in [-0.25, -0.2) is 4.79 Å². The van der Waals surface area contributed by atoms with Crippen molar-refractivity contribution in [3.05, 3.63) is 35.9 Å².